The van der Waals surface area contributed by atoms with Crippen LogP contribution < -0.4 is 0 Å². The van der Waals surface area contributed by atoms with Gasteiger partial charge in [-0.1, -0.05) is 0 Å². The van der Waals surface area contributed by atoms with Crippen molar-refractivity contribution in [3.05, 3.63) is 0 Å². The van der Waals surface area contributed by atoms with Crippen LogP contribution in [0.2, 0.25) is 0 Å². The highest BCUT2D eigenvalue weighted by molar-refractivity contribution is 8.01. The van der Waals surface area contributed by atoms with Crippen molar-refractivity contribution >= 4 is 29.4 Å². The van der Waals surface area contributed by atoms with E-state index in [1.165, 1.54) is 0 Å². The Morgan fingerprint density at radius 3 is 2.90 bits per heavy atom. The average Bonchev–Trinajstić information content (AvgIpc) is 2.89. The molecule has 120 valence electrons. The highest BCUT2D eigenvalue weighted by atomic mass is 32.2. The summed E-state index contributed by atoms with van der Waals surface area (Å²) in [6.07, 6.45) is 5.77. The van der Waals surface area contributed by atoms with Gasteiger partial charge in [0, 0.05) is 38.7 Å². The zero-order chi connectivity index (χ0) is 14.7. The molecule has 0 aromatic rings. The smallest absolute Gasteiger partial charge is 0.232 e. The second kappa shape index (κ2) is 7.11. The van der Waals surface area contributed by atoms with Crippen molar-refractivity contribution in [1.29, 1.82) is 0 Å². The van der Waals surface area contributed by atoms with Gasteiger partial charge in [-0.25, -0.2) is 0 Å². The normalized spacial score (nSPS) is 28.8. The van der Waals surface area contributed by atoms with Gasteiger partial charge in [0.2, 0.25) is 5.91 Å². The summed E-state index contributed by atoms with van der Waals surface area (Å²) in [6.45, 7) is 4.52. The van der Waals surface area contributed by atoms with E-state index in [9.17, 15) is 4.79 Å². The Bertz CT molecular complexity index is 368. The first kappa shape index (κ1) is 16.0. The van der Waals surface area contributed by atoms with Crippen LogP contribution in [-0.4, -0.2) is 72.3 Å². The van der Waals surface area contributed by atoms with E-state index in [1.807, 2.05) is 22.9 Å². The lowest BCUT2D eigenvalue weighted by atomic mass is 9.93. The molecular formula is C15H25NO3S2. The molecule has 3 aliphatic rings. The van der Waals surface area contributed by atoms with Gasteiger partial charge in [0.1, 0.15) is 0 Å². The zero-order valence-corrected chi connectivity index (χ0v) is 14.3. The fourth-order valence-electron chi connectivity index (χ4n) is 3.36. The van der Waals surface area contributed by atoms with Crippen molar-refractivity contribution in [2.24, 2.45) is 5.92 Å². The van der Waals surface area contributed by atoms with Crippen LogP contribution >= 0.6 is 23.5 Å². The summed E-state index contributed by atoms with van der Waals surface area (Å²) in [5.41, 5.74) is 0. The van der Waals surface area contributed by atoms with Gasteiger partial charge < -0.3 is 14.4 Å². The van der Waals surface area contributed by atoms with Crippen molar-refractivity contribution in [2.45, 2.75) is 30.1 Å². The van der Waals surface area contributed by atoms with Gasteiger partial charge in [-0.15, -0.1) is 11.8 Å². The predicted molar refractivity (Wildman–Crippen MR) is 88.1 cm³/mol. The minimum absolute atomic E-state index is 0.292. The van der Waals surface area contributed by atoms with Crippen LogP contribution in [-0.2, 0) is 14.3 Å². The Kier molecular flexibility index (Phi) is 5.41. The van der Waals surface area contributed by atoms with E-state index < -0.39 is 0 Å². The number of carbonyl (C=O) groups is 1. The van der Waals surface area contributed by atoms with Crippen LogP contribution in [0.3, 0.4) is 0 Å². The second-order valence-corrected chi connectivity index (χ2v) is 8.75. The summed E-state index contributed by atoms with van der Waals surface area (Å²) in [6, 6.07) is 0. The number of hydrogen-bond acceptors (Lipinski definition) is 5. The Morgan fingerprint density at radius 1 is 1.43 bits per heavy atom. The van der Waals surface area contributed by atoms with Gasteiger partial charge >= 0.3 is 0 Å². The molecule has 1 amide bonds. The fourth-order valence-corrected chi connectivity index (χ4v) is 5.34. The lowest BCUT2D eigenvalue weighted by Crippen LogP contribution is -2.61. The number of amides is 1. The van der Waals surface area contributed by atoms with Gasteiger partial charge in [-0.3, -0.25) is 4.79 Å². The molecule has 1 unspecified atom stereocenters. The van der Waals surface area contributed by atoms with Gasteiger partial charge in [0.15, 0.2) is 0 Å². The lowest BCUT2D eigenvalue weighted by molar-refractivity contribution is -0.133. The predicted octanol–water partition coefficient (Wildman–Crippen LogP) is 1.88. The van der Waals surface area contributed by atoms with E-state index >= 15 is 0 Å². The summed E-state index contributed by atoms with van der Waals surface area (Å²) >= 11 is 3.62. The maximum Gasteiger partial charge on any atom is 0.232 e. The van der Waals surface area contributed by atoms with Gasteiger partial charge in [0.05, 0.1) is 16.6 Å². The second-order valence-electron chi connectivity index (χ2n) is 6.39. The summed E-state index contributed by atoms with van der Waals surface area (Å²) in [5.74, 6) is 2.68. The lowest BCUT2D eigenvalue weighted by Gasteiger charge is -2.47. The van der Waals surface area contributed by atoms with Crippen LogP contribution in [0.1, 0.15) is 19.3 Å². The zero-order valence-electron chi connectivity index (χ0n) is 12.7. The van der Waals surface area contributed by atoms with Crippen molar-refractivity contribution < 1.29 is 14.3 Å². The minimum atomic E-state index is 0.292. The summed E-state index contributed by atoms with van der Waals surface area (Å²) in [7, 11) is 0. The first-order chi connectivity index (χ1) is 10.2. The first-order valence-electron chi connectivity index (χ1n) is 7.81. The average molecular weight is 332 g/mol. The number of hydrogen-bond donors (Lipinski definition) is 0. The van der Waals surface area contributed by atoms with Gasteiger partial charge in [-0.05, 0) is 31.4 Å². The molecule has 0 saturated carbocycles. The highest BCUT2D eigenvalue weighted by Gasteiger charge is 2.50. The third-order valence-electron chi connectivity index (χ3n) is 4.66. The molecule has 3 saturated heterocycles. The van der Waals surface area contributed by atoms with Crippen molar-refractivity contribution in [2.75, 3.05) is 50.7 Å². The summed E-state index contributed by atoms with van der Waals surface area (Å²) in [4.78, 5) is 13.8. The maximum atomic E-state index is 11.8. The Hall–Kier alpha value is 0.0900. The largest absolute Gasteiger partial charge is 0.381 e. The van der Waals surface area contributed by atoms with E-state index in [0.29, 0.717) is 28.4 Å². The van der Waals surface area contributed by atoms with Crippen LogP contribution in [0.15, 0.2) is 0 Å². The summed E-state index contributed by atoms with van der Waals surface area (Å²) < 4.78 is 11.8. The quantitative estimate of drug-likeness (QED) is 0.769. The molecule has 4 nitrogen and oxygen atoms in total. The molecule has 1 atom stereocenters. The Labute approximate surface area is 135 Å². The third-order valence-corrected chi connectivity index (χ3v) is 6.77. The number of likely N-dealkylation sites (tertiary alicyclic amines) is 1. The van der Waals surface area contributed by atoms with Crippen molar-refractivity contribution in [3.8, 4) is 0 Å². The Morgan fingerprint density at radius 2 is 2.19 bits per heavy atom. The highest BCUT2D eigenvalue weighted by Crippen LogP contribution is 2.46. The molecule has 0 radical (unpaired) electrons. The van der Waals surface area contributed by atoms with E-state index in [-0.39, 0.29) is 0 Å². The summed E-state index contributed by atoms with van der Waals surface area (Å²) in [5, 5.41) is 0. The molecule has 3 fully saturated rings. The number of nitrogens with zero attached hydrogens (tertiary/aromatic N) is 1. The van der Waals surface area contributed by atoms with Crippen LogP contribution in [0.4, 0.5) is 0 Å². The standard InChI is InChI=1S/C15H25NO3S2/c1-20-9-14(17)16-10-15(11-16)6-13(8-21-15)19-7-12-2-4-18-5-3-12/h12-13H,2-11H2,1H3. The SMILES string of the molecule is CSCC(=O)N1CC2(CC(OCC3CCOCC3)CS2)C1. The topological polar surface area (TPSA) is 38.8 Å². The molecule has 6 heteroatoms. The molecule has 0 aromatic carbocycles. The molecular weight excluding hydrogens is 306 g/mol. The van der Waals surface area contributed by atoms with E-state index in [0.717, 1.165) is 57.9 Å². The third kappa shape index (κ3) is 3.89. The Balaban J connectivity index is 1.37. The monoisotopic (exact) mass is 331 g/mol. The molecule has 0 aromatic heterocycles. The molecule has 1 spiro atoms. The van der Waals surface area contributed by atoms with E-state index in [4.69, 9.17) is 9.47 Å². The molecule has 3 aliphatic heterocycles. The van der Waals surface area contributed by atoms with Crippen molar-refractivity contribution in [1.82, 2.24) is 4.90 Å². The molecule has 0 aliphatic carbocycles. The first-order valence-corrected chi connectivity index (χ1v) is 10.2. The van der Waals surface area contributed by atoms with Crippen LogP contribution in [0, 0.1) is 5.92 Å². The van der Waals surface area contributed by atoms with Crippen LogP contribution in [0.5, 0.6) is 0 Å². The van der Waals surface area contributed by atoms with Gasteiger partial charge in [0.25, 0.3) is 0 Å². The molecule has 21 heavy (non-hydrogen) atoms. The van der Waals surface area contributed by atoms with E-state index in [1.54, 1.807) is 11.8 Å². The maximum absolute atomic E-state index is 11.8. The number of thioether (sulfide) groups is 2. The molecule has 3 heterocycles. The number of carbonyl (C=O) groups excluding carboxylic acids is 1. The minimum Gasteiger partial charge on any atom is -0.381 e. The molecule has 0 N–H and O–H groups in total. The van der Waals surface area contributed by atoms with Crippen LogP contribution in [0.25, 0.3) is 0 Å². The molecule has 0 bridgehead atoms. The van der Waals surface area contributed by atoms with Crippen molar-refractivity contribution in [3.63, 3.8) is 0 Å². The van der Waals surface area contributed by atoms with Gasteiger partial charge in [-0.2, -0.15) is 11.8 Å². The fraction of sp³-hybridized carbons (Fsp3) is 0.933. The number of rotatable bonds is 5. The number of ether oxygens (including phenoxy) is 2. The van der Waals surface area contributed by atoms with E-state index in [2.05, 4.69) is 0 Å². The molecule has 3 rings (SSSR count).